The summed E-state index contributed by atoms with van der Waals surface area (Å²) in [7, 11) is 0. The van der Waals surface area contributed by atoms with Crippen LogP contribution in [0.25, 0.3) is 27.6 Å². The number of hydrogen-bond donors (Lipinski definition) is 0. The quantitative estimate of drug-likeness (QED) is 0.310. The summed E-state index contributed by atoms with van der Waals surface area (Å²) in [5.74, 6) is -0.226. The van der Waals surface area contributed by atoms with Crippen LogP contribution >= 0.6 is 11.8 Å². The molecule has 168 valence electrons. The Bertz CT molecular complexity index is 1460. The van der Waals surface area contributed by atoms with E-state index in [0.29, 0.717) is 4.91 Å². The van der Waals surface area contributed by atoms with Gasteiger partial charge in [0, 0.05) is 24.2 Å². The first-order valence-electron chi connectivity index (χ1n) is 11.7. The Kier molecular flexibility index (Phi) is 5.34. The standard InChI is InChI=1S/C29H24N2O2S/c32-28-27(34-29(33)31(28)19-22-10-7-9-20-8-1-2-11-23(20)22)18-21-14-15-26(30-16-5-6-17-30)25-13-4-3-12-24(21)25/h1-4,7-15,18H,5-6,16-17,19H2/b27-18+. The lowest BCUT2D eigenvalue weighted by Gasteiger charge is -2.20. The van der Waals surface area contributed by atoms with Crippen LogP contribution in [0.15, 0.2) is 83.8 Å². The van der Waals surface area contributed by atoms with Gasteiger partial charge in [0.2, 0.25) is 0 Å². The summed E-state index contributed by atoms with van der Waals surface area (Å²) in [6.07, 6.45) is 4.32. The number of fused-ring (bicyclic) bond motifs is 2. The van der Waals surface area contributed by atoms with Crippen LogP contribution in [-0.4, -0.2) is 29.1 Å². The Morgan fingerprint density at radius 1 is 0.765 bits per heavy atom. The molecular weight excluding hydrogens is 440 g/mol. The van der Waals surface area contributed by atoms with Gasteiger partial charge in [-0.1, -0.05) is 72.8 Å². The Morgan fingerprint density at radius 2 is 1.47 bits per heavy atom. The highest BCUT2D eigenvalue weighted by Gasteiger charge is 2.35. The Labute approximate surface area is 202 Å². The molecule has 0 aromatic heterocycles. The second-order valence-corrected chi connectivity index (χ2v) is 9.81. The molecule has 2 aliphatic heterocycles. The van der Waals surface area contributed by atoms with Gasteiger partial charge in [0.15, 0.2) is 0 Å². The molecule has 4 aromatic rings. The van der Waals surface area contributed by atoms with Crippen LogP contribution < -0.4 is 4.90 Å². The van der Waals surface area contributed by atoms with Crippen LogP contribution in [0, 0.1) is 0 Å². The molecule has 0 bridgehead atoms. The fourth-order valence-electron chi connectivity index (χ4n) is 5.04. The maximum atomic E-state index is 13.3. The molecule has 4 aromatic carbocycles. The molecule has 2 aliphatic rings. The van der Waals surface area contributed by atoms with E-state index in [-0.39, 0.29) is 17.7 Å². The van der Waals surface area contributed by atoms with Crippen LogP contribution in [0.1, 0.15) is 24.0 Å². The summed E-state index contributed by atoms with van der Waals surface area (Å²) in [5.41, 5.74) is 3.19. The van der Waals surface area contributed by atoms with E-state index in [1.54, 1.807) is 0 Å². The maximum absolute atomic E-state index is 13.3. The number of thioether (sulfide) groups is 1. The van der Waals surface area contributed by atoms with E-state index >= 15 is 0 Å². The smallest absolute Gasteiger partial charge is 0.293 e. The third kappa shape index (κ3) is 3.66. The third-order valence-corrected chi connectivity index (χ3v) is 7.66. The van der Waals surface area contributed by atoms with E-state index in [0.717, 1.165) is 52.1 Å². The predicted octanol–water partition coefficient (Wildman–Crippen LogP) is 6.83. The topological polar surface area (TPSA) is 40.6 Å². The van der Waals surface area contributed by atoms with Crippen LogP contribution in [0.3, 0.4) is 0 Å². The number of benzene rings is 4. The molecule has 0 spiro atoms. The Morgan fingerprint density at radius 3 is 2.29 bits per heavy atom. The summed E-state index contributed by atoms with van der Waals surface area (Å²) >= 11 is 1.03. The van der Waals surface area contributed by atoms with Gasteiger partial charge >= 0.3 is 0 Å². The van der Waals surface area contributed by atoms with E-state index < -0.39 is 0 Å². The normalized spacial score (nSPS) is 17.6. The summed E-state index contributed by atoms with van der Waals surface area (Å²) in [6.45, 7) is 2.44. The summed E-state index contributed by atoms with van der Waals surface area (Å²) in [4.78, 5) is 30.4. The zero-order chi connectivity index (χ0) is 23.1. The van der Waals surface area contributed by atoms with Gasteiger partial charge < -0.3 is 4.90 Å². The molecule has 6 rings (SSSR count). The molecule has 4 nitrogen and oxygen atoms in total. The molecule has 0 aliphatic carbocycles. The number of hydrogen-bond acceptors (Lipinski definition) is 4. The Hall–Kier alpha value is -3.57. The number of amides is 2. The molecule has 0 saturated carbocycles. The number of rotatable bonds is 4. The lowest BCUT2D eigenvalue weighted by Crippen LogP contribution is -2.27. The molecule has 5 heteroatoms. The van der Waals surface area contributed by atoms with Crippen LogP contribution in [-0.2, 0) is 11.3 Å². The second-order valence-electron chi connectivity index (χ2n) is 8.82. The average molecular weight is 465 g/mol. The number of imide groups is 1. The highest BCUT2D eigenvalue weighted by Crippen LogP contribution is 2.37. The van der Waals surface area contributed by atoms with Gasteiger partial charge in [0.25, 0.3) is 11.1 Å². The van der Waals surface area contributed by atoms with E-state index in [2.05, 4.69) is 35.2 Å². The fraction of sp³-hybridized carbons (Fsp3) is 0.172. The van der Waals surface area contributed by atoms with Crippen molar-refractivity contribution in [2.45, 2.75) is 19.4 Å². The molecule has 0 atom stereocenters. The van der Waals surface area contributed by atoms with Crippen molar-refractivity contribution in [3.8, 4) is 0 Å². The molecule has 2 heterocycles. The number of carbonyl (C=O) groups excluding carboxylic acids is 2. The highest BCUT2D eigenvalue weighted by molar-refractivity contribution is 8.18. The van der Waals surface area contributed by atoms with E-state index in [4.69, 9.17) is 0 Å². The first-order chi connectivity index (χ1) is 16.7. The largest absolute Gasteiger partial charge is 0.371 e. The van der Waals surface area contributed by atoms with E-state index in [1.165, 1.54) is 28.8 Å². The first-order valence-corrected chi connectivity index (χ1v) is 12.5. The number of carbonyl (C=O) groups is 2. The second kappa shape index (κ2) is 8.65. The van der Waals surface area contributed by atoms with E-state index in [1.807, 2.05) is 54.6 Å². The molecule has 2 amide bonds. The van der Waals surface area contributed by atoms with Crippen molar-refractivity contribution in [2.75, 3.05) is 18.0 Å². The predicted molar refractivity (Wildman–Crippen MR) is 141 cm³/mol. The molecule has 34 heavy (non-hydrogen) atoms. The van der Waals surface area contributed by atoms with Crippen molar-refractivity contribution in [1.82, 2.24) is 4.90 Å². The lowest BCUT2D eigenvalue weighted by atomic mass is 10.0. The van der Waals surface area contributed by atoms with Crippen LogP contribution in [0.2, 0.25) is 0 Å². The molecule has 0 unspecified atom stereocenters. The minimum Gasteiger partial charge on any atom is -0.371 e. The van der Waals surface area contributed by atoms with Crippen LogP contribution in [0.5, 0.6) is 0 Å². The number of anilines is 1. The minimum atomic E-state index is -0.226. The van der Waals surface area contributed by atoms with Gasteiger partial charge in [-0.15, -0.1) is 0 Å². The monoisotopic (exact) mass is 464 g/mol. The van der Waals surface area contributed by atoms with Crippen molar-refractivity contribution < 1.29 is 9.59 Å². The van der Waals surface area contributed by atoms with Crippen molar-refractivity contribution in [2.24, 2.45) is 0 Å². The zero-order valence-electron chi connectivity index (χ0n) is 18.7. The van der Waals surface area contributed by atoms with Crippen molar-refractivity contribution >= 4 is 56.2 Å². The first kappa shape index (κ1) is 21.0. The maximum Gasteiger partial charge on any atom is 0.293 e. The van der Waals surface area contributed by atoms with Gasteiger partial charge in [-0.25, -0.2) is 0 Å². The number of nitrogens with zero attached hydrogens (tertiary/aromatic N) is 2. The summed E-state index contributed by atoms with van der Waals surface area (Å²) in [5, 5.41) is 4.24. The zero-order valence-corrected chi connectivity index (χ0v) is 19.6. The lowest BCUT2D eigenvalue weighted by molar-refractivity contribution is -0.123. The van der Waals surface area contributed by atoms with Crippen molar-refractivity contribution in [3.05, 3.63) is 94.9 Å². The van der Waals surface area contributed by atoms with Crippen LogP contribution in [0.4, 0.5) is 10.5 Å². The van der Waals surface area contributed by atoms with Gasteiger partial charge in [0.05, 0.1) is 11.4 Å². The molecule has 2 saturated heterocycles. The fourth-order valence-corrected chi connectivity index (χ4v) is 5.87. The summed E-state index contributed by atoms with van der Waals surface area (Å²) in [6, 6.07) is 26.6. The molecular formula is C29H24N2O2S. The Balaban J connectivity index is 1.34. The van der Waals surface area contributed by atoms with Crippen molar-refractivity contribution in [3.63, 3.8) is 0 Å². The minimum absolute atomic E-state index is 0.220. The molecule has 0 N–H and O–H groups in total. The van der Waals surface area contributed by atoms with Gasteiger partial charge in [-0.3, -0.25) is 14.5 Å². The highest BCUT2D eigenvalue weighted by atomic mass is 32.2. The van der Waals surface area contributed by atoms with Gasteiger partial charge in [0.1, 0.15) is 0 Å². The SMILES string of the molecule is O=C1S/C(=C/c2ccc(N3CCCC3)c3ccccc23)C(=O)N1Cc1cccc2ccccc12. The van der Waals surface area contributed by atoms with Crippen molar-refractivity contribution in [1.29, 1.82) is 0 Å². The molecule has 0 radical (unpaired) electrons. The van der Waals surface area contributed by atoms with Gasteiger partial charge in [-0.2, -0.15) is 0 Å². The van der Waals surface area contributed by atoms with Gasteiger partial charge in [-0.05, 0) is 64.0 Å². The summed E-state index contributed by atoms with van der Waals surface area (Å²) < 4.78 is 0. The third-order valence-electron chi connectivity index (χ3n) is 6.75. The average Bonchev–Trinajstić information content (AvgIpc) is 3.49. The van der Waals surface area contributed by atoms with E-state index in [9.17, 15) is 9.59 Å². The molecule has 2 fully saturated rings.